The van der Waals surface area contributed by atoms with Crippen LogP contribution < -0.4 is 0 Å². The largest absolute Gasteiger partial charge is 0.228 e. The van der Waals surface area contributed by atoms with E-state index in [0.717, 1.165) is 38.9 Å². The van der Waals surface area contributed by atoms with Crippen molar-refractivity contribution in [3.8, 4) is 22.6 Å². The van der Waals surface area contributed by atoms with Crippen LogP contribution in [-0.2, 0) is 0 Å². The fourth-order valence-electron chi connectivity index (χ4n) is 7.73. The first-order chi connectivity index (χ1) is 23.8. The van der Waals surface area contributed by atoms with Crippen molar-refractivity contribution in [1.29, 1.82) is 0 Å². The number of fused-ring (bicyclic) bond motifs is 14. The molecular formula is C44H24N2S2. The second-order valence-electron chi connectivity index (χ2n) is 12.5. The van der Waals surface area contributed by atoms with Crippen LogP contribution in [0.1, 0.15) is 0 Å². The molecule has 4 heteroatoms. The third kappa shape index (κ3) is 3.67. The first kappa shape index (κ1) is 26.4. The van der Waals surface area contributed by atoms with E-state index in [-0.39, 0.29) is 0 Å². The van der Waals surface area contributed by atoms with Gasteiger partial charge in [-0.3, -0.25) is 0 Å². The highest BCUT2D eigenvalue weighted by Crippen LogP contribution is 2.48. The second-order valence-corrected chi connectivity index (χ2v) is 14.6. The maximum Gasteiger partial charge on any atom is 0.161 e. The van der Waals surface area contributed by atoms with Gasteiger partial charge in [0, 0.05) is 62.2 Å². The Labute approximate surface area is 283 Å². The Bertz CT molecular complexity index is 3130. The Balaban J connectivity index is 1.26. The summed E-state index contributed by atoms with van der Waals surface area (Å²) in [5.41, 5.74) is 4.06. The summed E-state index contributed by atoms with van der Waals surface area (Å²) in [5.74, 6) is 0.747. The summed E-state index contributed by atoms with van der Waals surface area (Å²) < 4.78 is 5.26. The molecule has 0 amide bonds. The van der Waals surface area contributed by atoms with Crippen molar-refractivity contribution >= 4 is 106 Å². The van der Waals surface area contributed by atoms with Crippen molar-refractivity contribution in [1.82, 2.24) is 9.97 Å². The van der Waals surface area contributed by atoms with E-state index in [2.05, 4.69) is 146 Å². The summed E-state index contributed by atoms with van der Waals surface area (Å²) in [4.78, 5) is 10.7. The quantitative estimate of drug-likeness (QED) is 0.175. The van der Waals surface area contributed by atoms with Crippen molar-refractivity contribution in [3.05, 3.63) is 146 Å². The van der Waals surface area contributed by atoms with Gasteiger partial charge in [0.05, 0.1) is 11.2 Å². The van der Waals surface area contributed by atoms with E-state index in [4.69, 9.17) is 9.97 Å². The Hall–Kier alpha value is -5.68. The van der Waals surface area contributed by atoms with Crippen LogP contribution in [-0.4, -0.2) is 9.97 Å². The molecule has 11 rings (SSSR count). The minimum absolute atomic E-state index is 0.747. The second kappa shape index (κ2) is 9.91. The van der Waals surface area contributed by atoms with Gasteiger partial charge in [-0.05, 0) is 63.3 Å². The molecule has 0 saturated carbocycles. The molecule has 3 aromatic heterocycles. The summed E-state index contributed by atoms with van der Waals surface area (Å²) in [6, 6.07) is 52.7. The normalized spacial score (nSPS) is 12.2. The SMILES string of the molecule is c1ccc2c(-c3ccc4sc5ccccc5c4c3)nc(-c3cc4c5ccccc5c5sc6ccccc6c5c4c4ccccc34)nc2c1. The van der Waals surface area contributed by atoms with E-state index in [1.54, 1.807) is 0 Å². The summed E-state index contributed by atoms with van der Waals surface area (Å²) in [6.07, 6.45) is 0. The predicted molar refractivity (Wildman–Crippen MR) is 209 cm³/mol. The maximum absolute atomic E-state index is 5.45. The average molecular weight is 645 g/mol. The fraction of sp³-hybridized carbons (Fsp3) is 0. The van der Waals surface area contributed by atoms with Gasteiger partial charge in [-0.2, -0.15) is 0 Å². The van der Waals surface area contributed by atoms with Crippen LogP contribution in [0, 0.1) is 0 Å². The van der Waals surface area contributed by atoms with Gasteiger partial charge in [-0.15, -0.1) is 22.7 Å². The molecule has 0 saturated heterocycles. The zero-order valence-corrected chi connectivity index (χ0v) is 27.2. The Kier molecular flexibility index (Phi) is 5.45. The summed E-state index contributed by atoms with van der Waals surface area (Å²) >= 11 is 3.74. The van der Waals surface area contributed by atoms with Gasteiger partial charge >= 0.3 is 0 Å². The summed E-state index contributed by atoms with van der Waals surface area (Å²) in [7, 11) is 0. The first-order valence-corrected chi connectivity index (χ1v) is 17.8. The molecule has 48 heavy (non-hydrogen) atoms. The standard InChI is InChI=1S/C44H24N2S2/c1-3-14-29-26(11-1)35(24-34-27-12-2-4-15-30(27)43-41(40(29)34)32-17-7-10-20-38(32)48-43)44-45-36-18-8-5-16-31(36)42(46-44)25-21-22-39-33(23-25)28-13-6-9-19-37(28)47-39/h1-24H. The van der Waals surface area contributed by atoms with Gasteiger partial charge in [-0.25, -0.2) is 9.97 Å². The highest BCUT2D eigenvalue weighted by molar-refractivity contribution is 7.27. The molecule has 0 radical (unpaired) electrons. The lowest BCUT2D eigenvalue weighted by Gasteiger charge is -2.15. The monoisotopic (exact) mass is 644 g/mol. The number of hydrogen-bond acceptors (Lipinski definition) is 4. The molecule has 0 aliphatic rings. The van der Waals surface area contributed by atoms with Crippen LogP contribution in [0.5, 0.6) is 0 Å². The lowest BCUT2D eigenvalue weighted by atomic mass is 9.90. The molecule has 0 aliphatic heterocycles. The zero-order valence-electron chi connectivity index (χ0n) is 25.6. The number of nitrogens with zero attached hydrogens (tertiary/aromatic N) is 2. The lowest BCUT2D eigenvalue weighted by molar-refractivity contribution is 1.24. The number of para-hydroxylation sites is 1. The van der Waals surface area contributed by atoms with Gasteiger partial charge in [0.1, 0.15) is 0 Å². The number of hydrogen-bond donors (Lipinski definition) is 0. The summed E-state index contributed by atoms with van der Waals surface area (Å²) in [5, 5.41) is 13.7. The van der Waals surface area contributed by atoms with Gasteiger partial charge < -0.3 is 0 Å². The first-order valence-electron chi connectivity index (χ1n) is 16.2. The van der Waals surface area contributed by atoms with E-state index < -0.39 is 0 Å². The zero-order chi connectivity index (χ0) is 31.3. The Morgan fingerprint density at radius 1 is 0.375 bits per heavy atom. The van der Waals surface area contributed by atoms with Crippen LogP contribution in [0.3, 0.4) is 0 Å². The number of rotatable bonds is 2. The highest BCUT2D eigenvalue weighted by atomic mass is 32.1. The predicted octanol–water partition coefficient (Wildman–Crippen LogP) is 13.2. The van der Waals surface area contributed by atoms with Crippen molar-refractivity contribution < 1.29 is 0 Å². The summed E-state index contributed by atoms with van der Waals surface area (Å²) in [6.45, 7) is 0. The van der Waals surface area contributed by atoms with Crippen LogP contribution in [0.2, 0.25) is 0 Å². The lowest BCUT2D eigenvalue weighted by Crippen LogP contribution is -1.96. The Morgan fingerprint density at radius 3 is 1.83 bits per heavy atom. The van der Waals surface area contributed by atoms with Crippen LogP contribution >= 0.6 is 22.7 Å². The molecule has 11 aromatic rings. The van der Waals surface area contributed by atoms with Gasteiger partial charge in [0.2, 0.25) is 0 Å². The molecule has 8 aromatic carbocycles. The number of thiophene rings is 2. The number of aromatic nitrogens is 2. The third-order valence-corrected chi connectivity index (χ3v) is 12.2. The molecule has 3 heterocycles. The van der Waals surface area contributed by atoms with E-state index in [1.165, 1.54) is 67.3 Å². The molecule has 0 fully saturated rings. The minimum Gasteiger partial charge on any atom is -0.228 e. The molecule has 0 unspecified atom stereocenters. The maximum atomic E-state index is 5.45. The van der Waals surface area contributed by atoms with Crippen molar-refractivity contribution in [2.24, 2.45) is 0 Å². The molecule has 2 nitrogen and oxygen atoms in total. The Morgan fingerprint density at radius 2 is 1.00 bits per heavy atom. The molecule has 0 spiro atoms. The molecular weight excluding hydrogens is 621 g/mol. The highest BCUT2D eigenvalue weighted by Gasteiger charge is 2.20. The minimum atomic E-state index is 0.747. The molecule has 0 bridgehead atoms. The van der Waals surface area contributed by atoms with Crippen LogP contribution in [0.15, 0.2) is 146 Å². The van der Waals surface area contributed by atoms with Crippen molar-refractivity contribution in [3.63, 3.8) is 0 Å². The molecule has 0 N–H and O–H groups in total. The molecule has 0 atom stereocenters. The third-order valence-electron chi connectivity index (χ3n) is 9.85. The molecule has 0 aliphatic carbocycles. The van der Waals surface area contributed by atoms with Gasteiger partial charge in [0.15, 0.2) is 5.82 Å². The van der Waals surface area contributed by atoms with Crippen LogP contribution in [0.25, 0.3) is 106 Å². The average Bonchev–Trinajstić information content (AvgIpc) is 3.73. The molecule has 222 valence electrons. The van der Waals surface area contributed by atoms with E-state index in [0.29, 0.717) is 0 Å². The fourth-order valence-corrected chi connectivity index (χ4v) is 10.1. The van der Waals surface area contributed by atoms with E-state index >= 15 is 0 Å². The smallest absolute Gasteiger partial charge is 0.161 e. The van der Waals surface area contributed by atoms with E-state index in [1.807, 2.05) is 22.7 Å². The number of benzene rings is 8. The van der Waals surface area contributed by atoms with Gasteiger partial charge in [-0.1, -0.05) is 109 Å². The van der Waals surface area contributed by atoms with Crippen molar-refractivity contribution in [2.45, 2.75) is 0 Å². The van der Waals surface area contributed by atoms with Gasteiger partial charge in [0.25, 0.3) is 0 Å². The van der Waals surface area contributed by atoms with E-state index in [9.17, 15) is 0 Å². The topological polar surface area (TPSA) is 25.8 Å². The van der Waals surface area contributed by atoms with Crippen molar-refractivity contribution in [2.75, 3.05) is 0 Å². The van der Waals surface area contributed by atoms with Crippen LogP contribution in [0.4, 0.5) is 0 Å².